The Bertz CT molecular complexity index is 1410. The first-order valence-electron chi connectivity index (χ1n) is 10.1. The number of halogens is 2. The molecule has 1 amide bonds. The summed E-state index contributed by atoms with van der Waals surface area (Å²) < 4.78 is 12.5. The van der Waals surface area contributed by atoms with E-state index in [0.29, 0.717) is 39.6 Å². The van der Waals surface area contributed by atoms with E-state index in [9.17, 15) is 9.59 Å². The second-order valence-corrected chi connectivity index (χ2v) is 8.73. The Labute approximate surface area is 197 Å². The summed E-state index contributed by atoms with van der Waals surface area (Å²) in [6.45, 7) is 2.41. The van der Waals surface area contributed by atoms with Crippen molar-refractivity contribution < 1.29 is 13.9 Å². The van der Waals surface area contributed by atoms with Gasteiger partial charge in [0.2, 0.25) is 5.76 Å². The molecule has 0 aliphatic carbocycles. The van der Waals surface area contributed by atoms with Gasteiger partial charge in [0.1, 0.15) is 11.3 Å². The molecule has 5 nitrogen and oxygen atoms in total. The summed E-state index contributed by atoms with van der Waals surface area (Å²) in [7, 11) is 0. The molecule has 160 valence electrons. The van der Waals surface area contributed by atoms with Gasteiger partial charge in [-0.2, -0.15) is 0 Å². The summed E-state index contributed by atoms with van der Waals surface area (Å²) in [4.78, 5) is 28.8. The molecule has 7 heteroatoms. The molecule has 0 N–H and O–H groups in total. The molecule has 1 aromatic heterocycles. The molecule has 0 bridgehead atoms. The van der Waals surface area contributed by atoms with Crippen molar-refractivity contribution >= 4 is 50.1 Å². The van der Waals surface area contributed by atoms with Crippen LogP contribution in [0.2, 0.25) is 5.02 Å². The number of rotatable bonds is 4. The number of hydrogen-bond donors (Lipinski definition) is 0. The Morgan fingerprint density at radius 1 is 1.06 bits per heavy atom. The number of benzene rings is 3. The van der Waals surface area contributed by atoms with E-state index in [1.165, 1.54) is 0 Å². The molecule has 0 spiro atoms. The van der Waals surface area contributed by atoms with Gasteiger partial charge in [-0.15, -0.1) is 0 Å². The highest BCUT2D eigenvalue weighted by Gasteiger charge is 2.43. The van der Waals surface area contributed by atoms with Crippen molar-refractivity contribution in [2.75, 3.05) is 11.5 Å². The Morgan fingerprint density at radius 2 is 1.84 bits per heavy atom. The summed E-state index contributed by atoms with van der Waals surface area (Å²) >= 11 is 9.57. The molecule has 1 unspecified atom stereocenters. The van der Waals surface area contributed by atoms with Gasteiger partial charge in [-0.1, -0.05) is 39.7 Å². The van der Waals surface area contributed by atoms with Crippen LogP contribution in [0.5, 0.6) is 5.75 Å². The first-order chi connectivity index (χ1) is 15.5. The maximum Gasteiger partial charge on any atom is 0.295 e. The van der Waals surface area contributed by atoms with Crippen LogP contribution in [0.1, 0.15) is 34.6 Å². The molecule has 0 saturated heterocycles. The zero-order valence-corrected chi connectivity index (χ0v) is 19.3. The van der Waals surface area contributed by atoms with Gasteiger partial charge in [-0.25, -0.2) is 0 Å². The predicted octanol–water partition coefficient (Wildman–Crippen LogP) is 6.36. The number of carbonyl (C=O) groups is 1. The van der Waals surface area contributed by atoms with Crippen molar-refractivity contribution in [2.24, 2.45) is 0 Å². The molecular formula is C25H17BrClNO4. The molecule has 0 saturated carbocycles. The summed E-state index contributed by atoms with van der Waals surface area (Å²) in [5.41, 5.74) is 1.74. The molecule has 4 aromatic rings. The minimum Gasteiger partial charge on any atom is -0.494 e. The fourth-order valence-corrected chi connectivity index (χ4v) is 4.51. The predicted molar refractivity (Wildman–Crippen MR) is 128 cm³/mol. The van der Waals surface area contributed by atoms with Crippen LogP contribution in [0.4, 0.5) is 5.69 Å². The third-order valence-electron chi connectivity index (χ3n) is 5.42. The first kappa shape index (κ1) is 20.8. The highest BCUT2D eigenvalue weighted by molar-refractivity contribution is 9.10. The summed E-state index contributed by atoms with van der Waals surface area (Å²) in [5, 5.41) is 0.765. The van der Waals surface area contributed by atoms with Crippen molar-refractivity contribution in [1.29, 1.82) is 0 Å². The van der Waals surface area contributed by atoms with E-state index in [-0.39, 0.29) is 17.1 Å². The topological polar surface area (TPSA) is 59.8 Å². The molecule has 1 aliphatic heterocycles. The van der Waals surface area contributed by atoms with Gasteiger partial charge in [0, 0.05) is 15.2 Å². The Kier molecular flexibility index (Phi) is 5.27. The largest absolute Gasteiger partial charge is 0.494 e. The fourth-order valence-electron chi connectivity index (χ4n) is 4.07. The van der Waals surface area contributed by atoms with Gasteiger partial charge < -0.3 is 9.15 Å². The fraction of sp³-hybridized carbons (Fsp3) is 0.120. The van der Waals surface area contributed by atoms with Gasteiger partial charge >= 0.3 is 0 Å². The number of nitrogens with zero attached hydrogens (tertiary/aromatic N) is 1. The van der Waals surface area contributed by atoms with Crippen molar-refractivity contribution in [2.45, 2.75) is 13.0 Å². The van der Waals surface area contributed by atoms with Gasteiger partial charge in [-0.05, 0) is 67.1 Å². The number of carbonyl (C=O) groups excluding carboxylic acids is 1. The Morgan fingerprint density at radius 3 is 2.59 bits per heavy atom. The molecule has 3 aromatic carbocycles. The number of amides is 1. The van der Waals surface area contributed by atoms with Crippen LogP contribution < -0.4 is 15.1 Å². The third-order valence-corrected chi connectivity index (χ3v) is 6.19. The summed E-state index contributed by atoms with van der Waals surface area (Å²) in [5.74, 6) is 0.331. The van der Waals surface area contributed by atoms with Crippen molar-refractivity contribution in [3.05, 3.63) is 103 Å². The number of fused-ring (bicyclic) bond motifs is 2. The lowest BCUT2D eigenvalue weighted by Gasteiger charge is -2.25. The minimum absolute atomic E-state index is 0.0413. The second kappa shape index (κ2) is 8.11. The molecule has 32 heavy (non-hydrogen) atoms. The average Bonchev–Trinajstić information content (AvgIpc) is 3.08. The van der Waals surface area contributed by atoms with Crippen LogP contribution >= 0.6 is 27.5 Å². The van der Waals surface area contributed by atoms with Crippen LogP contribution in [0.3, 0.4) is 0 Å². The molecule has 1 aliphatic rings. The quantitative estimate of drug-likeness (QED) is 0.321. The van der Waals surface area contributed by atoms with Crippen molar-refractivity contribution in [3.8, 4) is 5.75 Å². The molecular weight excluding hydrogens is 494 g/mol. The van der Waals surface area contributed by atoms with E-state index in [1.54, 1.807) is 23.1 Å². The number of hydrogen-bond acceptors (Lipinski definition) is 4. The number of ether oxygens (including phenoxy) is 1. The van der Waals surface area contributed by atoms with Crippen molar-refractivity contribution in [3.63, 3.8) is 0 Å². The second-order valence-electron chi connectivity index (χ2n) is 7.37. The van der Waals surface area contributed by atoms with Gasteiger partial charge in [0.25, 0.3) is 5.91 Å². The molecule has 5 rings (SSSR count). The van der Waals surface area contributed by atoms with Gasteiger partial charge in [0.15, 0.2) is 5.43 Å². The first-order valence-corrected chi connectivity index (χ1v) is 11.2. The lowest BCUT2D eigenvalue weighted by Crippen LogP contribution is -2.29. The smallest absolute Gasteiger partial charge is 0.295 e. The molecule has 2 heterocycles. The van der Waals surface area contributed by atoms with Crippen LogP contribution in [0.25, 0.3) is 11.0 Å². The van der Waals surface area contributed by atoms with E-state index in [2.05, 4.69) is 15.9 Å². The summed E-state index contributed by atoms with van der Waals surface area (Å²) in [6, 6.07) is 18.9. The number of anilines is 1. The lowest BCUT2D eigenvalue weighted by atomic mass is 9.98. The van der Waals surface area contributed by atoms with E-state index < -0.39 is 6.04 Å². The Hall–Kier alpha value is -3.09. The Balaban J connectivity index is 1.79. The van der Waals surface area contributed by atoms with Crippen LogP contribution in [0.15, 0.2) is 80.4 Å². The molecule has 0 radical (unpaired) electrons. The minimum atomic E-state index is -0.668. The van der Waals surface area contributed by atoms with Gasteiger partial charge in [0.05, 0.1) is 23.6 Å². The maximum atomic E-state index is 13.6. The SMILES string of the molecule is CCOc1cccc(C2c3c(oc4ccc(Cl)cc4c3=O)C(=O)N2c2ccc(Br)cc2)c1. The van der Waals surface area contributed by atoms with Crippen LogP contribution in [0, 0.1) is 0 Å². The van der Waals surface area contributed by atoms with Gasteiger partial charge in [-0.3, -0.25) is 14.5 Å². The maximum absolute atomic E-state index is 13.6. The van der Waals surface area contributed by atoms with E-state index in [0.717, 1.165) is 10.0 Å². The lowest BCUT2D eigenvalue weighted by molar-refractivity contribution is 0.0971. The highest BCUT2D eigenvalue weighted by atomic mass is 79.9. The van der Waals surface area contributed by atoms with Crippen LogP contribution in [-0.4, -0.2) is 12.5 Å². The normalized spacial score (nSPS) is 15.3. The van der Waals surface area contributed by atoms with Crippen molar-refractivity contribution in [1.82, 2.24) is 0 Å². The van der Waals surface area contributed by atoms with E-state index >= 15 is 0 Å². The van der Waals surface area contributed by atoms with E-state index in [4.69, 9.17) is 20.8 Å². The highest BCUT2D eigenvalue weighted by Crippen LogP contribution is 2.42. The zero-order valence-electron chi connectivity index (χ0n) is 17.0. The summed E-state index contributed by atoms with van der Waals surface area (Å²) in [6.07, 6.45) is 0. The monoisotopic (exact) mass is 509 g/mol. The van der Waals surface area contributed by atoms with E-state index in [1.807, 2.05) is 55.5 Å². The molecule has 0 fully saturated rings. The molecule has 1 atom stereocenters. The van der Waals surface area contributed by atoms with Crippen LogP contribution in [-0.2, 0) is 0 Å². The zero-order chi connectivity index (χ0) is 22.4. The third kappa shape index (κ3) is 3.40. The average molecular weight is 511 g/mol. The standard InChI is InChI=1S/C25H17BrClNO4/c1-2-31-18-5-3-4-14(12-18)22-21-23(29)19-13-16(27)8-11-20(19)32-24(21)25(30)28(22)17-9-6-15(26)7-10-17/h3-13,22H,2H2,1H3.